The van der Waals surface area contributed by atoms with Crippen LogP contribution in [0.25, 0.3) is 34.1 Å². The highest BCUT2D eigenvalue weighted by Crippen LogP contribution is 2.32. The van der Waals surface area contributed by atoms with Crippen LogP contribution in [0.4, 0.5) is 0 Å². The third-order valence-electron chi connectivity index (χ3n) is 7.68. The minimum Gasteiger partial charge on any atom is -0.459 e. The molecule has 0 aliphatic carbocycles. The first kappa shape index (κ1) is 47.7. The van der Waals surface area contributed by atoms with Crippen LogP contribution < -0.4 is 0 Å². The molecule has 324 valence electrons. The predicted octanol–water partition coefficient (Wildman–Crippen LogP) is 8.20. The lowest BCUT2D eigenvalue weighted by Gasteiger charge is -2.26. The summed E-state index contributed by atoms with van der Waals surface area (Å²) in [7, 11) is 0. The van der Waals surface area contributed by atoms with Crippen molar-refractivity contribution in [2.75, 3.05) is 26.2 Å². The van der Waals surface area contributed by atoms with Gasteiger partial charge in [-0.25, -0.2) is 15.0 Å². The fraction of sp³-hybridized carbons (Fsp3) is 0.489. The van der Waals surface area contributed by atoms with Gasteiger partial charge in [0.2, 0.25) is 0 Å². The van der Waals surface area contributed by atoms with E-state index in [2.05, 4.69) is 15.9 Å². The number of halogens is 1. The fourth-order valence-electron chi connectivity index (χ4n) is 5.84. The Morgan fingerprint density at radius 1 is 0.517 bits per heavy atom. The van der Waals surface area contributed by atoms with Crippen LogP contribution in [0, 0.1) is 0 Å². The average Bonchev–Trinajstić information content (AvgIpc) is 3.51. The molecule has 60 heavy (non-hydrogen) atoms. The Kier molecular flexibility index (Phi) is 15.6. The number of hydrogen-bond acceptors (Lipinski definition) is 14. The lowest BCUT2D eigenvalue weighted by Crippen LogP contribution is -2.39. The molecule has 0 N–H and O–H groups in total. The molecule has 4 heterocycles. The van der Waals surface area contributed by atoms with Gasteiger partial charge in [0.15, 0.2) is 4.67 Å². The first-order chi connectivity index (χ1) is 27.7. The molecule has 0 saturated heterocycles. The molecule has 0 spiro atoms. The van der Waals surface area contributed by atoms with Gasteiger partial charge in [-0.1, -0.05) is 12.1 Å². The van der Waals surface area contributed by atoms with E-state index in [1.807, 2.05) is 42.5 Å². The SMILES string of the molecule is CC(C)(C)OC(=O)CN(CC(=O)OC(C)(C)C)Cc1cccc(-c2cc(-c3ccc(Br)o3)cc(-c3cccc(CN(CC(=O)OC(C)(C)C)CC(=O)OC(C)(C)C)n3)n2)n1. The molecule has 14 nitrogen and oxygen atoms in total. The number of nitrogens with zero attached hydrogens (tertiary/aromatic N) is 5. The zero-order valence-electron chi connectivity index (χ0n) is 36.8. The summed E-state index contributed by atoms with van der Waals surface area (Å²) >= 11 is 3.40. The average molecular weight is 893 g/mol. The van der Waals surface area contributed by atoms with Crippen molar-refractivity contribution in [3.05, 3.63) is 76.7 Å². The molecular weight excluding hydrogens is 834 g/mol. The van der Waals surface area contributed by atoms with E-state index in [1.54, 1.807) is 111 Å². The summed E-state index contributed by atoms with van der Waals surface area (Å²) < 4.78 is 28.8. The number of esters is 4. The van der Waals surface area contributed by atoms with Crippen molar-refractivity contribution in [1.82, 2.24) is 24.8 Å². The normalized spacial score (nSPS) is 12.4. The van der Waals surface area contributed by atoms with Crippen LogP contribution in [-0.2, 0) is 51.2 Å². The number of rotatable bonds is 15. The number of hydrogen-bond donors (Lipinski definition) is 0. The Balaban J connectivity index is 1.70. The lowest BCUT2D eigenvalue weighted by molar-refractivity contribution is -0.162. The van der Waals surface area contributed by atoms with Crippen molar-refractivity contribution >= 4 is 39.8 Å². The molecule has 0 bridgehead atoms. The Labute approximate surface area is 361 Å². The second-order valence-corrected chi connectivity index (χ2v) is 19.2. The molecule has 4 rings (SSSR count). The summed E-state index contributed by atoms with van der Waals surface area (Å²) in [6.45, 7) is 21.0. The summed E-state index contributed by atoms with van der Waals surface area (Å²) in [5, 5.41) is 0. The molecule has 4 aromatic heterocycles. The predicted molar refractivity (Wildman–Crippen MR) is 230 cm³/mol. The van der Waals surface area contributed by atoms with Crippen molar-refractivity contribution < 1.29 is 42.5 Å². The molecule has 0 atom stereocenters. The van der Waals surface area contributed by atoms with E-state index in [0.717, 1.165) is 0 Å². The maximum atomic E-state index is 12.9. The molecule has 0 aromatic carbocycles. The largest absolute Gasteiger partial charge is 0.459 e. The highest BCUT2D eigenvalue weighted by molar-refractivity contribution is 9.10. The van der Waals surface area contributed by atoms with Crippen molar-refractivity contribution in [1.29, 1.82) is 0 Å². The van der Waals surface area contributed by atoms with Crippen molar-refractivity contribution in [3.8, 4) is 34.1 Å². The van der Waals surface area contributed by atoms with Crippen LogP contribution in [-0.4, -0.2) is 97.2 Å². The number of furan rings is 1. The van der Waals surface area contributed by atoms with E-state index in [-0.39, 0.29) is 39.3 Å². The zero-order valence-corrected chi connectivity index (χ0v) is 38.4. The Bertz CT molecular complexity index is 1950. The molecule has 0 fully saturated rings. The van der Waals surface area contributed by atoms with E-state index in [4.69, 9.17) is 38.3 Å². The van der Waals surface area contributed by atoms with Crippen molar-refractivity contribution in [3.63, 3.8) is 0 Å². The summed E-state index contributed by atoms with van der Waals surface area (Å²) in [4.78, 5) is 69.8. The van der Waals surface area contributed by atoms with E-state index < -0.39 is 46.3 Å². The van der Waals surface area contributed by atoms with Crippen LogP contribution in [0.1, 0.15) is 94.5 Å². The van der Waals surface area contributed by atoms with Crippen LogP contribution in [0.2, 0.25) is 0 Å². The van der Waals surface area contributed by atoms with Gasteiger partial charge in [-0.2, -0.15) is 0 Å². The van der Waals surface area contributed by atoms with E-state index in [0.29, 0.717) is 50.2 Å². The number of aromatic nitrogens is 3. The van der Waals surface area contributed by atoms with Gasteiger partial charge in [0.1, 0.15) is 28.2 Å². The van der Waals surface area contributed by atoms with E-state index in [9.17, 15) is 19.2 Å². The van der Waals surface area contributed by atoms with Gasteiger partial charge >= 0.3 is 23.9 Å². The molecule has 4 aromatic rings. The van der Waals surface area contributed by atoms with Gasteiger partial charge in [-0.15, -0.1) is 0 Å². The van der Waals surface area contributed by atoms with Gasteiger partial charge < -0.3 is 23.4 Å². The Morgan fingerprint density at radius 3 is 1.17 bits per heavy atom. The van der Waals surface area contributed by atoms with Gasteiger partial charge in [0.25, 0.3) is 0 Å². The summed E-state index contributed by atoms with van der Waals surface area (Å²) in [6, 6.07) is 18.2. The minimum absolute atomic E-state index is 0.136. The second kappa shape index (κ2) is 19.6. The number of carbonyl (C=O) groups excluding carboxylic acids is 4. The molecule has 0 amide bonds. The highest BCUT2D eigenvalue weighted by Gasteiger charge is 2.26. The number of carbonyl (C=O) groups is 4. The Hall–Kier alpha value is -4.99. The van der Waals surface area contributed by atoms with E-state index >= 15 is 0 Å². The molecule has 0 unspecified atom stereocenters. The van der Waals surface area contributed by atoms with E-state index in [1.165, 1.54) is 0 Å². The molecule has 0 aliphatic heterocycles. The summed E-state index contributed by atoms with van der Waals surface area (Å²) in [5.41, 5.74) is 1.06. The number of pyridine rings is 3. The highest BCUT2D eigenvalue weighted by atomic mass is 79.9. The summed E-state index contributed by atoms with van der Waals surface area (Å²) in [6.07, 6.45) is 0. The van der Waals surface area contributed by atoms with Crippen LogP contribution in [0.15, 0.2) is 69.8 Å². The van der Waals surface area contributed by atoms with Crippen molar-refractivity contribution in [2.45, 2.75) is 119 Å². The van der Waals surface area contributed by atoms with Gasteiger partial charge in [-0.05, 0) is 148 Å². The molecule has 0 saturated carbocycles. The van der Waals surface area contributed by atoms with Gasteiger partial charge in [0, 0.05) is 18.7 Å². The molecule has 0 aliphatic rings. The standard InChI is InChI=1S/C45H58BrN5O9/c1-42(2,3)57-38(52)25-50(26-39(53)58-43(4,5)6)23-30-15-13-17-32(47-30)34-21-29(36-19-20-37(46)56-36)22-35(49-34)33-18-14-16-31(48-33)24-51(27-40(54)59-44(7,8)9)28-41(55)60-45(10,11)12/h13-22H,23-28H2,1-12H3. The number of ether oxygens (including phenoxy) is 4. The minimum atomic E-state index is -0.710. The van der Waals surface area contributed by atoms with Gasteiger partial charge in [-0.3, -0.25) is 29.0 Å². The quantitative estimate of drug-likeness (QED) is 0.0829. The lowest BCUT2D eigenvalue weighted by atomic mass is 10.1. The maximum Gasteiger partial charge on any atom is 0.320 e. The fourth-order valence-corrected chi connectivity index (χ4v) is 6.15. The smallest absolute Gasteiger partial charge is 0.320 e. The molecule has 15 heteroatoms. The topological polar surface area (TPSA) is 163 Å². The molecular formula is C45H58BrN5O9. The third kappa shape index (κ3) is 16.9. The maximum absolute atomic E-state index is 12.9. The first-order valence-electron chi connectivity index (χ1n) is 19.7. The Morgan fingerprint density at radius 2 is 0.867 bits per heavy atom. The second-order valence-electron chi connectivity index (χ2n) is 18.4. The zero-order chi connectivity index (χ0) is 44.6. The van der Waals surface area contributed by atoms with Crippen LogP contribution >= 0.6 is 15.9 Å². The van der Waals surface area contributed by atoms with Crippen LogP contribution in [0.3, 0.4) is 0 Å². The first-order valence-corrected chi connectivity index (χ1v) is 20.5. The third-order valence-corrected chi connectivity index (χ3v) is 8.11. The van der Waals surface area contributed by atoms with Gasteiger partial charge in [0.05, 0.1) is 60.3 Å². The summed E-state index contributed by atoms with van der Waals surface area (Å²) in [5.74, 6) is -1.38. The molecule has 0 radical (unpaired) electrons. The monoisotopic (exact) mass is 891 g/mol. The van der Waals surface area contributed by atoms with Crippen molar-refractivity contribution in [2.24, 2.45) is 0 Å². The van der Waals surface area contributed by atoms with Crippen LogP contribution in [0.5, 0.6) is 0 Å².